The maximum atomic E-state index is 12.4. The van der Waals surface area contributed by atoms with Crippen molar-refractivity contribution in [1.82, 2.24) is 5.32 Å². The molecule has 1 aliphatic carbocycles. The van der Waals surface area contributed by atoms with Crippen molar-refractivity contribution in [3.05, 3.63) is 23.8 Å². The summed E-state index contributed by atoms with van der Waals surface area (Å²) in [6.45, 7) is 7.91. The van der Waals surface area contributed by atoms with Crippen molar-refractivity contribution >= 4 is 24.8 Å². The maximum Gasteiger partial charge on any atom is 0.250 e. The average molecular weight is 437 g/mol. The van der Waals surface area contributed by atoms with Gasteiger partial charge in [0.1, 0.15) is 6.61 Å². The second kappa shape index (κ2) is 10.5. The van der Waals surface area contributed by atoms with Gasteiger partial charge in [0.15, 0.2) is 0 Å². The molecular weight excluding hydrogens is 399 g/mol. The van der Waals surface area contributed by atoms with Crippen LogP contribution in [0.1, 0.15) is 38.2 Å². The minimum absolute atomic E-state index is 0.0323. The van der Waals surface area contributed by atoms with E-state index in [4.69, 9.17) is 14.2 Å². The van der Waals surface area contributed by atoms with Crippen molar-refractivity contribution in [2.24, 2.45) is 0 Å². The lowest BCUT2D eigenvalue weighted by atomic mass is 9.62. The van der Waals surface area contributed by atoms with E-state index in [1.807, 2.05) is 0 Å². The number of nitrogens with one attached hydrogen (secondary N) is 2. The molecule has 6 nitrogen and oxygen atoms in total. The van der Waals surface area contributed by atoms with E-state index in [2.05, 4.69) is 49.5 Å². The summed E-state index contributed by atoms with van der Waals surface area (Å²) in [5, 5.41) is 8.34. The number of carbonyl (C=O) groups is 1. The summed E-state index contributed by atoms with van der Waals surface area (Å²) in [4.78, 5) is 12.4. The Hall–Kier alpha value is -1.04. The van der Waals surface area contributed by atoms with E-state index < -0.39 is 0 Å². The summed E-state index contributed by atoms with van der Waals surface area (Å²) in [6.07, 6.45) is 5.09. The van der Waals surface area contributed by atoms with Gasteiger partial charge in [-0.2, -0.15) is 0 Å². The minimum atomic E-state index is -0.232. The van der Waals surface area contributed by atoms with Crippen molar-refractivity contribution in [3.8, 4) is 0 Å². The molecule has 0 aromatic heterocycles. The molecule has 7 heteroatoms. The van der Waals surface area contributed by atoms with E-state index in [0.717, 1.165) is 12.2 Å². The lowest BCUT2D eigenvalue weighted by Crippen LogP contribution is -2.52. The molecule has 1 fully saturated rings. The molecule has 1 amide bonds. The van der Waals surface area contributed by atoms with Gasteiger partial charge in [-0.15, -0.1) is 0 Å². The number of ether oxygens (including phenoxy) is 3. The highest BCUT2D eigenvalue weighted by molar-refractivity contribution is 7.67. The van der Waals surface area contributed by atoms with Crippen molar-refractivity contribution < 1.29 is 19.0 Å². The van der Waals surface area contributed by atoms with Gasteiger partial charge in [-0.3, -0.25) is 4.79 Å². The van der Waals surface area contributed by atoms with E-state index >= 15 is 0 Å². The van der Waals surface area contributed by atoms with Crippen molar-refractivity contribution in [2.75, 3.05) is 65.7 Å². The van der Waals surface area contributed by atoms with Gasteiger partial charge in [-0.25, -0.2) is 0 Å². The number of rotatable bonds is 11. The Morgan fingerprint density at radius 3 is 2.63 bits per heavy atom. The number of carbonyl (C=O) groups excluding carboxylic acids is 1. The van der Waals surface area contributed by atoms with Crippen LogP contribution in [0.2, 0.25) is 0 Å². The first-order valence-electron chi connectivity index (χ1n) is 11.0. The monoisotopic (exact) mass is 436 g/mol. The number of hydrogen-bond donors (Lipinski definition) is 2. The van der Waals surface area contributed by atoms with Gasteiger partial charge in [0.05, 0.1) is 26.4 Å². The molecule has 1 aromatic rings. The standard InChI is InChI=1S/C23H37N2O4P/c1-22-9-5-6-10-23(22,17-24-2)19-15-18(7-8-20(19)30(22)4)25-21(26)16-29-14-13-28-12-11-27-3/h7-8,15,24H,5-6,9-14,16-17H2,1-4H3,(H,25,26)/t22-,23+,30?/m1/s1. The van der Waals surface area contributed by atoms with Gasteiger partial charge in [0, 0.05) is 29.9 Å². The van der Waals surface area contributed by atoms with Gasteiger partial charge < -0.3 is 24.8 Å². The molecule has 168 valence electrons. The molecule has 1 heterocycles. The van der Waals surface area contributed by atoms with Crippen LogP contribution in [-0.2, 0) is 24.4 Å². The van der Waals surface area contributed by atoms with Crippen LogP contribution in [0.3, 0.4) is 0 Å². The highest BCUT2D eigenvalue weighted by Gasteiger charge is 2.58. The lowest BCUT2D eigenvalue weighted by Gasteiger charge is -2.50. The maximum absolute atomic E-state index is 12.4. The Labute approximate surface area is 182 Å². The van der Waals surface area contributed by atoms with Gasteiger partial charge in [0.2, 0.25) is 5.91 Å². The first-order chi connectivity index (χ1) is 14.5. The van der Waals surface area contributed by atoms with E-state index in [-0.39, 0.29) is 25.9 Å². The molecule has 2 N–H and O–H groups in total. The molecular formula is C23H37N2O4P. The number of anilines is 1. The largest absolute Gasteiger partial charge is 0.382 e. The number of likely N-dealkylation sites (N-methyl/N-ethyl adjacent to an activating group) is 1. The Balaban J connectivity index is 1.64. The number of fused-ring (bicyclic) bond motifs is 3. The quantitative estimate of drug-likeness (QED) is 0.412. The molecule has 3 rings (SSSR count). The van der Waals surface area contributed by atoms with Gasteiger partial charge in [-0.1, -0.05) is 33.8 Å². The summed E-state index contributed by atoms with van der Waals surface area (Å²) >= 11 is 0. The number of methoxy groups -OCH3 is 1. The topological polar surface area (TPSA) is 68.8 Å². The fourth-order valence-corrected chi connectivity index (χ4v) is 8.19. The van der Waals surface area contributed by atoms with Crippen LogP contribution in [0, 0.1) is 0 Å². The molecule has 0 bridgehead atoms. The number of benzene rings is 1. The first kappa shape index (κ1) is 23.6. The van der Waals surface area contributed by atoms with Crippen molar-refractivity contribution in [2.45, 2.75) is 43.2 Å². The van der Waals surface area contributed by atoms with Crippen LogP contribution in [0.4, 0.5) is 5.69 Å². The molecule has 1 saturated carbocycles. The van der Waals surface area contributed by atoms with Crippen molar-refractivity contribution in [3.63, 3.8) is 0 Å². The molecule has 3 atom stereocenters. The van der Waals surface area contributed by atoms with Crippen LogP contribution >= 0.6 is 7.92 Å². The van der Waals surface area contributed by atoms with Crippen LogP contribution in [0.5, 0.6) is 0 Å². The summed E-state index contributed by atoms with van der Waals surface area (Å²) in [5.41, 5.74) is 2.47. The fourth-order valence-electron chi connectivity index (χ4n) is 5.27. The van der Waals surface area contributed by atoms with E-state index in [9.17, 15) is 4.79 Å². The third-order valence-corrected chi connectivity index (χ3v) is 10.2. The third kappa shape index (κ3) is 4.58. The normalized spacial score (nSPS) is 27.5. The highest BCUT2D eigenvalue weighted by Crippen LogP contribution is 2.67. The summed E-state index contributed by atoms with van der Waals surface area (Å²) in [5.74, 6) is -0.127. The molecule has 1 aliphatic heterocycles. The zero-order valence-corrected chi connectivity index (χ0v) is 19.8. The molecule has 0 radical (unpaired) electrons. The minimum Gasteiger partial charge on any atom is -0.382 e. The molecule has 1 unspecified atom stereocenters. The second-order valence-corrected chi connectivity index (χ2v) is 11.2. The Bertz CT molecular complexity index is 727. The average Bonchev–Trinajstić information content (AvgIpc) is 2.92. The molecule has 0 spiro atoms. The summed E-state index contributed by atoms with van der Waals surface area (Å²) in [6, 6.07) is 6.53. The second-order valence-electron chi connectivity index (χ2n) is 8.59. The number of hydrogen-bond acceptors (Lipinski definition) is 5. The van der Waals surface area contributed by atoms with Crippen LogP contribution in [-0.4, -0.2) is 71.5 Å². The molecule has 0 saturated heterocycles. The van der Waals surface area contributed by atoms with E-state index in [1.165, 1.54) is 36.6 Å². The predicted octanol–water partition coefficient (Wildman–Crippen LogP) is 2.85. The first-order valence-corrected chi connectivity index (χ1v) is 12.7. The van der Waals surface area contributed by atoms with E-state index in [1.54, 1.807) is 7.11 Å². The van der Waals surface area contributed by atoms with E-state index in [0.29, 0.717) is 31.6 Å². The summed E-state index contributed by atoms with van der Waals surface area (Å²) in [7, 11) is 3.46. The van der Waals surface area contributed by atoms with Gasteiger partial charge in [0.25, 0.3) is 0 Å². The molecule has 30 heavy (non-hydrogen) atoms. The third-order valence-electron chi connectivity index (χ3n) is 6.96. The highest BCUT2D eigenvalue weighted by atomic mass is 31.1. The zero-order valence-electron chi connectivity index (χ0n) is 18.9. The molecule has 2 aliphatic rings. The smallest absolute Gasteiger partial charge is 0.250 e. The van der Waals surface area contributed by atoms with Gasteiger partial charge >= 0.3 is 0 Å². The lowest BCUT2D eigenvalue weighted by molar-refractivity contribution is -0.121. The van der Waals surface area contributed by atoms with Gasteiger partial charge in [-0.05, 0) is 49.6 Å². The Morgan fingerprint density at radius 2 is 1.87 bits per heavy atom. The Kier molecular flexibility index (Phi) is 8.28. The zero-order chi connectivity index (χ0) is 21.6. The van der Waals surface area contributed by atoms with Crippen molar-refractivity contribution in [1.29, 1.82) is 0 Å². The fraction of sp³-hybridized carbons (Fsp3) is 0.696. The summed E-state index contributed by atoms with van der Waals surface area (Å²) < 4.78 is 15.7. The number of amides is 1. The Morgan fingerprint density at radius 1 is 1.13 bits per heavy atom. The van der Waals surface area contributed by atoms with Crippen LogP contribution in [0.15, 0.2) is 18.2 Å². The SMILES string of the molecule is CNC[C@]12CCCC[C@@]1(C)P(C)c1ccc(NC(=O)COCCOCCOC)cc12. The molecule has 1 aromatic carbocycles. The van der Waals surface area contributed by atoms with Crippen LogP contribution in [0.25, 0.3) is 0 Å². The predicted molar refractivity (Wildman–Crippen MR) is 124 cm³/mol. The van der Waals surface area contributed by atoms with Crippen LogP contribution < -0.4 is 15.9 Å².